The largest absolute Gasteiger partial charge is 0.492 e. The van der Waals surface area contributed by atoms with Crippen LogP contribution in [0.2, 0.25) is 0 Å². The van der Waals surface area contributed by atoms with Crippen LogP contribution >= 0.6 is 0 Å². The fourth-order valence-corrected chi connectivity index (χ4v) is 1.90. The Labute approximate surface area is 106 Å². The van der Waals surface area contributed by atoms with Crippen LogP contribution in [0.1, 0.15) is 0 Å². The molecule has 0 atom stereocenters. The summed E-state index contributed by atoms with van der Waals surface area (Å²) in [5.41, 5.74) is 0.393. The quantitative estimate of drug-likeness (QED) is 0.597. The van der Waals surface area contributed by atoms with Gasteiger partial charge in [0.25, 0.3) is 0 Å². The Kier molecular flexibility index (Phi) is 4.20. The van der Waals surface area contributed by atoms with Crippen molar-refractivity contribution in [2.45, 2.75) is 0 Å². The highest BCUT2D eigenvalue weighted by Crippen LogP contribution is 2.18. The molecule has 0 spiro atoms. The van der Waals surface area contributed by atoms with E-state index in [0.717, 1.165) is 10.8 Å². The van der Waals surface area contributed by atoms with Crippen LogP contribution in [-0.2, 0) is 4.74 Å². The Morgan fingerprint density at radius 3 is 2.56 bits per heavy atom. The van der Waals surface area contributed by atoms with Crippen molar-refractivity contribution in [3.63, 3.8) is 0 Å². The van der Waals surface area contributed by atoms with Gasteiger partial charge >= 0.3 is 7.12 Å². The van der Waals surface area contributed by atoms with Crippen LogP contribution in [0, 0.1) is 0 Å². The van der Waals surface area contributed by atoms with Crippen molar-refractivity contribution in [1.82, 2.24) is 0 Å². The van der Waals surface area contributed by atoms with E-state index in [-0.39, 0.29) is 0 Å². The Morgan fingerprint density at radius 1 is 1.06 bits per heavy atom. The molecule has 0 radical (unpaired) electrons. The second-order valence-electron chi connectivity index (χ2n) is 3.91. The number of hydrogen-bond donors (Lipinski definition) is 2. The van der Waals surface area contributed by atoms with Crippen molar-refractivity contribution in [3.05, 3.63) is 36.4 Å². The normalized spacial score (nSPS) is 10.6. The Morgan fingerprint density at radius 2 is 1.83 bits per heavy atom. The van der Waals surface area contributed by atoms with E-state index in [1.807, 2.05) is 30.3 Å². The molecule has 0 fully saturated rings. The number of rotatable bonds is 5. The molecule has 5 heteroatoms. The minimum absolute atomic E-state index is 0.370. The molecule has 0 amide bonds. The second kappa shape index (κ2) is 5.86. The van der Waals surface area contributed by atoms with Crippen molar-refractivity contribution < 1.29 is 19.5 Å². The SMILES string of the molecule is COCCOc1ccc2ccccc2c1B(O)O. The predicted octanol–water partition coefficient (Wildman–Crippen LogP) is 0.545. The van der Waals surface area contributed by atoms with E-state index < -0.39 is 7.12 Å². The first-order valence-corrected chi connectivity index (χ1v) is 5.73. The maximum Gasteiger partial charge on any atom is 0.492 e. The van der Waals surface area contributed by atoms with Gasteiger partial charge in [0, 0.05) is 12.6 Å². The van der Waals surface area contributed by atoms with Crippen molar-refractivity contribution in [1.29, 1.82) is 0 Å². The molecular weight excluding hydrogens is 231 g/mol. The van der Waals surface area contributed by atoms with Gasteiger partial charge in [0.15, 0.2) is 0 Å². The van der Waals surface area contributed by atoms with Gasteiger partial charge in [-0.15, -0.1) is 0 Å². The maximum absolute atomic E-state index is 9.50. The minimum atomic E-state index is -1.56. The van der Waals surface area contributed by atoms with E-state index in [1.54, 1.807) is 13.2 Å². The second-order valence-corrected chi connectivity index (χ2v) is 3.91. The molecule has 0 aliphatic heterocycles. The summed E-state index contributed by atoms with van der Waals surface area (Å²) >= 11 is 0. The number of methoxy groups -OCH3 is 1. The third kappa shape index (κ3) is 2.64. The average Bonchev–Trinajstić information content (AvgIpc) is 2.38. The van der Waals surface area contributed by atoms with Crippen molar-refractivity contribution in [2.24, 2.45) is 0 Å². The van der Waals surface area contributed by atoms with Crippen LogP contribution in [0.15, 0.2) is 36.4 Å². The van der Waals surface area contributed by atoms with E-state index >= 15 is 0 Å². The van der Waals surface area contributed by atoms with Crippen LogP contribution in [0.3, 0.4) is 0 Å². The zero-order valence-electron chi connectivity index (χ0n) is 10.2. The summed E-state index contributed by atoms with van der Waals surface area (Å²) in [5.74, 6) is 0.473. The third-order valence-electron chi connectivity index (χ3n) is 2.73. The molecule has 0 aliphatic carbocycles. The number of benzene rings is 2. The molecule has 0 heterocycles. The molecule has 2 aromatic carbocycles. The highest BCUT2D eigenvalue weighted by atomic mass is 16.5. The first kappa shape index (κ1) is 12.9. The summed E-state index contributed by atoms with van der Waals surface area (Å²) in [6, 6.07) is 11.2. The Balaban J connectivity index is 2.42. The summed E-state index contributed by atoms with van der Waals surface area (Å²) in [6.45, 7) is 0.822. The van der Waals surface area contributed by atoms with Gasteiger partial charge in [0.2, 0.25) is 0 Å². The van der Waals surface area contributed by atoms with E-state index in [4.69, 9.17) is 9.47 Å². The van der Waals surface area contributed by atoms with Crippen molar-refractivity contribution >= 4 is 23.4 Å². The Bertz CT molecular complexity index is 527. The number of fused-ring (bicyclic) bond motifs is 1. The molecule has 94 valence electrons. The lowest BCUT2D eigenvalue weighted by atomic mass is 9.76. The summed E-state index contributed by atoms with van der Waals surface area (Å²) < 4.78 is 10.4. The first-order chi connectivity index (χ1) is 8.74. The van der Waals surface area contributed by atoms with Crippen LogP contribution in [0.4, 0.5) is 0 Å². The van der Waals surface area contributed by atoms with E-state index in [2.05, 4.69) is 0 Å². The lowest BCUT2D eigenvalue weighted by Gasteiger charge is -2.13. The smallest absolute Gasteiger partial charge is 0.492 e. The van der Waals surface area contributed by atoms with Gasteiger partial charge in [-0.2, -0.15) is 0 Å². The minimum Gasteiger partial charge on any atom is -0.492 e. The molecule has 0 saturated carbocycles. The summed E-state index contributed by atoms with van der Waals surface area (Å²) in [4.78, 5) is 0. The van der Waals surface area contributed by atoms with Gasteiger partial charge in [0.05, 0.1) is 6.61 Å². The molecule has 0 bridgehead atoms. The van der Waals surface area contributed by atoms with Gasteiger partial charge in [-0.1, -0.05) is 30.3 Å². The average molecular weight is 246 g/mol. The highest BCUT2D eigenvalue weighted by Gasteiger charge is 2.20. The van der Waals surface area contributed by atoms with Crippen LogP contribution in [-0.4, -0.2) is 37.5 Å². The molecule has 0 saturated heterocycles. The molecular formula is C13H15BO4. The van der Waals surface area contributed by atoms with Crippen LogP contribution in [0.25, 0.3) is 10.8 Å². The summed E-state index contributed by atoms with van der Waals surface area (Å²) in [7, 11) is 0.0274. The standard InChI is InChI=1S/C13H15BO4/c1-17-8-9-18-12-7-6-10-4-2-3-5-11(10)13(12)14(15)16/h2-7,15-16H,8-9H2,1H3. The molecule has 0 aromatic heterocycles. The fourth-order valence-electron chi connectivity index (χ4n) is 1.90. The van der Waals surface area contributed by atoms with Gasteiger partial charge in [-0.3, -0.25) is 0 Å². The maximum atomic E-state index is 9.50. The lowest BCUT2D eigenvalue weighted by molar-refractivity contribution is 0.147. The molecule has 0 unspecified atom stereocenters. The zero-order chi connectivity index (χ0) is 13.0. The molecule has 4 nitrogen and oxygen atoms in total. The van der Waals surface area contributed by atoms with E-state index in [9.17, 15) is 10.0 Å². The molecule has 2 N–H and O–H groups in total. The van der Waals surface area contributed by atoms with Crippen molar-refractivity contribution in [2.75, 3.05) is 20.3 Å². The summed E-state index contributed by atoms with van der Waals surface area (Å²) in [5, 5.41) is 20.7. The monoisotopic (exact) mass is 246 g/mol. The van der Waals surface area contributed by atoms with E-state index in [0.29, 0.717) is 24.4 Å². The van der Waals surface area contributed by atoms with Gasteiger partial charge < -0.3 is 19.5 Å². The molecule has 2 aromatic rings. The van der Waals surface area contributed by atoms with Crippen molar-refractivity contribution in [3.8, 4) is 5.75 Å². The van der Waals surface area contributed by atoms with Gasteiger partial charge in [-0.25, -0.2) is 0 Å². The topological polar surface area (TPSA) is 58.9 Å². The van der Waals surface area contributed by atoms with Crippen LogP contribution < -0.4 is 10.2 Å². The molecule has 18 heavy (non-hydrogen) atoms. The summed E-state index contributed by atoms with van der Waals surface area (Å²) in [6.07, 6.45) is 0. The molecule has 0 aliphatic rings. The zero-order valence-corrected chi connectivity index (χ0v) is 10.2. The van der Waals surface area contributed by atoms with Gasteiger partial charge in [-0.05, 0) is 16.8 Å². The van der Waals surface area contributed by atoms with E-state index in [1.165, 1.54) is 0 Å². The lowest BCUT2D eigenvalue weighted by Crippen LogP contribution is -2.32. The molecule has 2 rings (SSSR count). The third-order valence-corrected chi connectivity index (χ3v) is 2.73. The van der Waals surface area contributed by atoms with Crippen LogP contribution in [0.5, 0.6) is 5.75 Å². The Hall–Kier alpha value is -1.56. The van der Waals surface area contributed by atoms with Gasteiger partial charge in [0.1, 0.15) is 12.4 Å². The highest BCUT2D eigenvalue weighted by molar-refractivity contribution is 6.63. The first-order valence-electron chi connectivity index (χ1n) is 5.73. The predicted molar refractivity (Wildman–Crippen MR) is 71.1 cm³/mol. The fraction of sp³-hybridized carbons (Fsp3) is 0.231. The number of ether oxygens (including phenoxy) is 2. The number of hydrogen-bond acceptors (Lipinski definition) is 4.